The second kappa shape index (κ2) is 8.47. The van der Waals surface area contributed by atoms with Crippen LogP contribution in [-0.4, -0.2) is 44.1 Å². The van der Waals surface area contributed by atoms with Crippen molar-refractivity contribution in [2.75, 3.05) is 24.3 Å². The number of halogens is 1. The molecule has 168 valence electrons. The summed E-state index contributed by atoms with van der Waals surface area (Å²) in [5.74, 6) is 0.906. The topological polar surface area (TPSA) is 111 Å². The average molecular weight is 465 g/mol. The molecule has 33 heavy (non-hydrogen) atoms. The molecule has 5 rings (SSSR count). The summed E-state index contributed by atoms with van der Waals surface area (Å²) in [6.45, 7) is 1.07. The molecule has 0 spiro atoms. The van der Waals surface area contributed by atoms with Crippen molar-refractivity contribution in [3.63, 3.8) is 0 Å². The Morgan fingerprint density at radius 3 is 2.91 bits per heavy atom. The lowest BCUT2D eigenvalue weighted by molar-refractivity contribution is 0.0925. The zero-order chi connectivity index (χ0) is 22.9. The Morgan fingerprint density at radius 2 is 2.12 bits per heavy atom. The summed E-state index contributed by atoms with van der Waals surface area (Å²) < 4.78 is 8.89. The van der Waals surface area contributed by atoms with Gasteiger partial charge in [0.15, 0.2) is 5.75 Å². The number of aromatic nitrogens is 5. The van der Waals surface area contributed by atoms with Crippen LogP contribution in [0.5, 0.6) is 5.75 Å². The molecule has 3 N–H and O–H groups in total. The standard InChI is InChI=1S/C22H21ClN8O2/c1-30-12-14(11-26-30)27-17-10-13(6-7-24-17)18-19(20-22(32)25-8-9-31(20)29-18)28-16-5-3-4-15(23)21(16)33-2/h3-7,10-12,28H,8-9H2,1-2H3,(H,24,27)(H,25,32). The summed E-state index contributed by atoms with van der Waals surface area (Å²) in [6.07, 6.45) is 5.26. The highest BCUT2D eigenvalue weighted by molar-refractivity contribution is 6.32. The summed E-state index contributed by atoms with van der Waals surface area (Å²) in [7, 11) is 3.39. The number of nitrogens with one attached hydrogen (secondary N) is 3. The van der Waals surface area contributed by atoms with Gasteiger partial charge in [-0.15, -0.1) is 0 Å². The molecule has 4 aromatic rings. The Hall–Kier alpha value is -4.05. The van der Waals surface area contributed by atoms with E-state index in [1.807, 2.05) is 37.5 Å². The number of carbonyl (C=O) groups is 1. The smallest absolute Gasteiger partial charge is 0.271 e. The molecule has 0 fully saturated rings. The van der Waals surface area contributed by atoms with E-state index in [9.17, 15) is 4.79 Å². The fourth-order valence-corrected chi connectivity index (χ4v) is 4.01. The zero-order valence-corrected chi connectivity index (χ0v) is 18.7. The largest absolute Gasteiger partial charge is 0.493 e. The molecule has 4 heterocycles. The summed E-state index contributed by atoms with van der Waals surface area (Å²) in [6, 6.07) is 9.11. The van der Waals surface area contributed by atoms with Gasteiger partial charge in [-0.05, 0) is 24.3 Å². The second-order valence-corrected chi connectivity index (χ2v) is 7.86. The van der Waals surface area contributed by atoms with Gasteiger partial charge in [-0.25, -0.2) is 4.98 Å². The van der Waals surface area contributed by atoms with Crippen LogP contribution >= 0.6 is 11.6 Å². The molecule has 10 nitrogen and oxygen atoms in total. The monoisotopic (exact) mass is 464 g/mol. The van der Waals surface area contributed by atoms with Crippen molar-refractivity contribution >= 4 is 40.4 Å². The van der Waals surface area contributed by atoms with Crippen molar-refractivity contribution in [2.45, 2.75) is 6.54 Å². The van der Waals surface area contributed by atoms with E-state index in [1.54, 1.807) is 34.9 Å². The van der Waals surface area contributed by atoms with E-state index in [1.165, 1.54) is 0 Å². The van der Waals surface area contributed by atoms with Crippen LogP contribution in [0.3, 0.4) is 0 Å². The number of pyridine rings is 1. The number of hydrogen-bond acceptors (Lipinski definition) is 7. The van der Waals surface area contributed by atoms with E-state index in [-0.39, 0.29) is 5.91 Å². The highest BCUT2D eigenvalue weighted by Gasteiger charge is 2.28. The minimum atomic E-state index is -0.203. The van der Waals surface area contributed by atoms with Crippen LogP contribution in [0.4, 0.5) is 22.9 Å². The van der Waals surface area contributed by atoms with Crippen LogP contribution in [0.15, 0.2) is 48.9 Å². The van der Waals surface area contributed by atoms with Crippen molar-refractivity contribution in [1.29, 1.82) is 0 Å². The van der Waals surface area contributed by atoms with Gasteiger partial charge in [0, 0.05) is 31.5 Å². The number of ether oxygens (including phenoxy) is 1. The van der Waals surface area contributed by atoms with E-state index in [0.717, 1.165) is 11.3 Å². The maximum absolute atomic E-state index is 12.8. The third-order valence-electron chi connectivity index (χ3n) is 5.22. The molecule has 1 aliphatic rings. The van der Waals surface area contributed by atoms with Gasteiger partial charge in [-0.1, -0.05) is 17.7 Å². The highest BCUT2D eigenvalue weighted by Crippen LogP contribution is 2.39. The number of benzene rings is 1. The lowest BCUT2D eigenvalue weighted by Crippen LogP contribution is -2.35. The normalized spacial score (nSPS) is 12.8. The van der Waals surface area contributed by atoms with Crippen LogP contribution < -0.4 is 20.7 Å². The van der Waals surface area contributed by atoms with Crippen LogP contribution in [0.1, 0.15) is 10.5 Å². The van der Waals surface area contributed by atoms with Gasteiger partial charge < -0.3 is 20.7 Å². The van der Waals surface area contributed by atoms with E-state index >= 15 is 0 Å². The van der Waals surface area contributed by atoms with Crippen molar-refractivity contribution in [1.82, 2.24) is 29.9 Å². The summed E-state index contributed by atoms with van der Waals surface area (Å²) >= 11 is 6.31. The van der Waals surface area contributed by atoms with Crippen LogP contribution in [0, 0.1) is 0 Å². The molecule has 0 unspecified atom stereocenters. The minimum Gasteiger partial charge on any atom is -0.493 e. The molecule has 0 aliphatic carbocycles. The van der Waals surface area contributed by atoms with Gasteiger partial charge in [0.1, 0.15) is 17.2 Å². The Morgan fingerprint density at radius 1 is 1.24 bits per heavy atom. The van der Waals surface area contributed by atoms with Crippen molar-refractivity contribution in [3.05, 3.63) is 59.6 Å². The van der Waals surface area contributed by atoms with Gasteiger partial charge >= 0.3 is 0 Å². The van der Waals surface area contributed by atoms with E-state index < -0.39 is 0 Å². The maximum Gasteiger partial charge on any atom is 0.271 e. The third kappa shape index (κ3) is 3.96. The average Bonchev–Trinajstić information content (AvgIpc) is 3.38. The SMILES string of the molecule is COc1c(Cl)cccc1Nc1c(-c2ccnc(Nc3cnn(C)c3)c2)nn2c1C(=O)NCC2. The van der Waals surface area contributed by atoms with Gasteiger partial charge in [0.2, 0.25) is 0 Å². The molecule has 0 saturated carbocycles. The fraction of sp³-hybridized carbons (Fsp3) is 0.182. The number of hydrogen-bond donors (Lipinski definition) is 3. The summed E-state index contributed by atoms with van der Waals surface area (Å²) in [4.78, 5) is 17.2. The minimum absolute atomic E-state index is 0.203. The van der Waals surface area contributed by atoms with Crippen molar-refractivity contribution < 1.29 is 9.53 Å². The first kappa shape index (κ1) is 20.8. The molecule has 0 atom stereocenters. The first-order valence-corrected chi connectivity index (χ1v) is 10.6. The number of aryl methyl sites for hydroxylation is 1. The Bertz CT molecular complexity index is 1350. The number of fused-ring (bicyclic) bond motifs is 1. The zero-order valence-electron chi connectivity index (χ0n) is 18.0. The second-order valence-electron chi connectivity index (χ2n) is 7.45. The fourth-order valence-electron chi connectivity index (χ4n) is 3.76. The molecular formula is C22H21ClN8O2. The number of rotatable bonds is 6. The third-order valence-corrected chi connectivity index (χ3v) is 5.52. The quantitative estimate of drug-likeness (QED) is 0.400. The lowest BCUT2D eigenvalue weighted by Gasteiger charge is -2.17. The number of carbonyl (C=O) groups excluding carboxylic acids is 1. The maximum atomic E-state index is 12.8. The van der Waals surface area contributed by atoms with E-state index in [0.29, 0.717) is 52.4 Å². The van der Waals surface area contributed by atoms with Crippen molar-refractivity contribution in [3.8, 4) is 17.0 Å². The van der Waals surface area contributed by atoms with Gasteiger partial charge in [0.25, 0.3) is 5.91 Å². The molecule has 3 aromatic heterocycles. The van der Waals surface area contributed by atoms with E-state index in [2.05, 4.69) is 26.0 Å². The molecule has 1 aromatic carbocycles. The molecule has 11 heteroatoms. The molecular weight excluding hydrogens is 444 g/mol. The molecule has 1 amide bonds. The molecule has 0 radical (unpaired) electrons. The number of anilines is 4. The van der Waals surface area contributed by atoms with E-state index in [4.69, 9.17) is 21.4 Å². The van der Waals surface area contributed by atoms with Gasteiger partial charge in [0.05, 0.1) is 41.9 Å². The van der Waals surface area contributed by atoms with Crippen molar-refractivity contribution in [2.24, 2.45) is 7.05 Å². The molecule has 0 saturated heterocycles. The molecule has 0 bridgehead atoms. The predicted octanol–water partition coefficient (Wildman–Crippen LogP) is 3.57. The number of amides is 1. The Kier molecular flexibility index (Phi) is 5.35. The Labute approximate surface area is 194 Å². The number of methoxy groups -OCH3 is 1. The number of nitrogens with zero attached hydrogens (tertiary/aromatic N) is 5. The summed E-state index contributed by atoms with van der Waals surface area (Å²) in [5, 5.41) is 18.8. The van der Waals surface area contributed by atoms with Crippen LogP contribution in [-0.2, 0) is 13.6 Å². The molecule has 1 aliphatic heterocycles. The highest BCUT2D eigenvalue weighted by atomic mass is 35.5. The van der Waals surface area contributed by atoms with Crippen LogP contribution in [0.2, 0.25) is 5.02 Å². The first-order chi connectivity index (χ1) is 16.0. The lowest BCUT2D eigenvalue weighted by atomic mass is 10.1. The first-order valence-electron chi connectivity index (χ1n) is 10.2. The van der Waals surface area contributed by atoms with Crippen LogP contribution in [0.25, 0.3) is 11.3 Å². The summed E-state index contributed by atoms with van der Waals surface area (Å²) in [5.41, 5.74) is 3.84. The Balaban J connectivity index is 1.59. The predicted molar refractivity (Wildman–Crippen MR) is 126 cm³/mol. The number of para-hydroxylation sites is 1. The van der Waals surface area contributed by atoms with Gasteiger partial charge in [-0.2, -0.15) is 10.2 Å². The van der Waals surface area contributed by atoms with Gasteiger partial charge in [-0.3, -0.25) is 14.2 Å².